The van der Waals surface area contributed by atoms with Gasteiger partial charge in [-0.25, -0.2) is 0 Å². The molecule has 3 aromatic rings. The van der Waals surface area contributed by atoms with E-state index in [0.29, 0.717) is 22.3 Å². The van der Waals surface area contributed by atoms with Crippen molar-refractivity contribution in [1.82, 2.24) is 0 Å². The molecule has 0 aliphatic rings. The van der Waals surface area contributed by atoms with Gasteiger partial charge in [-0.3, -0.25) is 9.59 Å². The Morgan fingerprint density at radius 3 is 1.68 bits per heavy atom. The molecule has 0 unspecified atom stereocenters. The molecule has 2 nitrogen and oxygen atoms in total. The Morgan fingerprint density at radius 1 is 0.600 bits per heavy atom. The van der Waals surface area contributed by atoms with Crippen LogP contribution < -0.4 is 0 Å². The Labute approximate surface area is 148 Å². The number of rotatable bonds is 4. The van der Waals surface area contributed by atoms with E-state index in [1.165, 1.54) is 0 Å². The second-order valence-electron chi connectivity index (χ2n) is 6.37. The van der Waals surface area contributed by atoms with Crippen LogP contribution in [0.1, 0.15) is 48.5 Å². The Balaban J connectivity index is 2.03. The minimum Gasteiger partial charge on any atom is -0.289 e. The summed E-state index contributed by atoms with van der Waals surface area (Å²) in [5.41, 5.74) is 5.37. The van der Waals surface area contributed by atoms with Crippen molar-refractivity contribution in [2.75, 3.05) is 0 Å². The van der Waals surface area contributed by atoms with Gasteiger partial charge in [-0.1, -0.05) is 66.2 Å². The summed E-state index contributed by atoms with van der Waals surface area (Å²) in [7, 11) is 0. The number of hydrogen-bond acceptors (Lipinski definition) is 2. The summed E-state index contributed by atoms with van der Waals surface area (Å²) >= 11 is 0. The van der Waals surface area contributed by atoms with Crippen LogP contribution in [0.4, 0.5) is 0 Å². The van der Waals surface area contributed by atoms with Crippen LogP contribution in [0.2, 0.25) is 0 Å². The van der Waals surface area contributed by atoms with Crippen LogP contribution in [0.15, 0.2) is 66.7 Å². The Kier molecular flexibility index (Phi) is 4.62. The number of benzene rings is 3. The standard InChI is InChI=1S/C23H20O2/c1-15-8-11-18(12-9-15)22(24)20-6-4-5-7-21(20)23(25)19-13-10-16(2)17(3)14-19/h4-14H,1-3H3. The molecule has 0 aliphatic carbocycles. The van der Waals surface area contributed by atoms with Gasteiger partial charge in [0.15, 0.2) is 11.6 Å². The Bertz CT molecular complexity index is 950. The van der Waals surface area contributed by atoms with E-state index >= 15 is 0 Å². The monoisotopic (exact) mass is 328 g/mol. The van der Waals surface area contributed by atoms with Crippen LogP contribution in [0.3, 0.4) is 0 Å². The van der Waals surface area contributed by atoms with Crippen LogP contribution in [-0.4, -0.2) is 11.6 Å². The van der Waals surface area contributed by atoms with Crippen molar-refractivity contribution in [3.63, 3.8) is 0 Å². The first-order valence-corrected chi connectivity index (χ1v) is 8.29. The molecule has 3 rings (SSSR count). The zero-order valence-corrected chi connectivity index (χ0v) is 14.7. The maximum atomic E-state index is 13.0. The number of aryl methyl sites for hydroxylation is 3. The zero-order valence-electron chi connectivity index (χ0n) is 14.7. The molecule has 0 fully saturated rings. The van der Waals surface area contributed by atoms with Crippen LogP contribution in [0.25, 0.3) is 0 Å². The lowest BCUT2D eigenvalue weighted by Gasteiger charge is -2.10. The molecule has 0 spiro atoms. The smallest absolute Gasteiger partial charge is 0.193 e. The van der Waals surface area contributed by atoms with E-state index in [-0.39, 0.29) is 11.6 Å². The highest BCUT2D eigenvalue weighted by atomic mass is 16.1. The summed E-state index contributed by atoms with van der Waals surface area (Å²) in [4.78, 5) is 25.9. The molecule has 0 aliphatic heterocycles. The predicted octanol–water partition coefficient (Wildman–Crippen LogP) is 5.07. The van der Waals surface area contributed by atoms with Crippen molar-refractivity contribution in [1.29, 1.82) is 0 Å². The van der Waals surface area contributed by atoms with Crippen LogP contribution in [-0.2, 0) is 0 Å². The molecule has 2 heteroatoms. The van der Waals surface area contributed by atoms with Gasteiger partial charge in [0.05, 0.1) is 0 Å². The third kappa shape index (κ3) is 3.43. The number of hydrogen-bond donors (Lipinski definition) is 0. The quantitative estimate of drug-likeness (QED) is 0.626. The zero-order chi connectivity index (χ0) is 18.0. The summed E-state index contributed by atoms with van der Waals surface area (Å²) < 4.78 is 0. The SMILES string of the molecule is Cc1ccc(C(=O)c2ccccc2C(=O)c2ccc(C)c(C)c2)cc1. The van der Waals surface area contributed by atoms with E-state index in [1.54, 1.807) is 36.4 Å². The van der Waals surface area contributed by atoms with Crippen molar-refractivity contribution in [2.24, 2.45) is 0 Å². The fourth-order valence-electron chi connectivity index (χ4n) is 2.78. The highest BCUT2D eigenvalue weighted by Gasteiger charge is 2.19. The maximum absolute atomic E-state index is 13.0. The minimum absolute atomic E-state index is 0.126. The number of carbonyl (C=O) groups is 2. The second-order valence-corrected chi connectivity index (χ2v) is 6.37. The molecule has 0 saturated heterocycles. The molecular weight excluding hydrogens is 308 g/mol. The first-order chi connectivity index (χ1) is 12.0. The van der Waals surface area contributed by atoms with Crippen molar-refractivity contribution < 1.29 is 9.59 Å². The van der Waals surface area contributed by atoms with Gasteiger partial charge in [0, 0.05) is 22.3 Å². The van der Waals surface area contributed by atoms with E-state index in [0.717, 1.165) is 16.7 Å². The average Bonchev–Trinajstić information content (AvgIpc) is 2.63. The normalized spacial score (nSPS) is 10.5. The molecular formula is C23H20O2. The third-order valence-corrected chi connectivity index (χ3v) is 4.50. The fourth-order valence-corrected chi connectivity index (χ4v) is 2.78. The van der Waals surface area contributed by atoms with Crippen LogP contribution >= 0.6 is 0 Å². The molecule has 0 amide bonds. The van der Waals surface area contributed by atoms with Gasteiger partial charge in [-0.2, -0.15) is 0 Å². The van der Waals surface area contributed by atoms with Crippen LogP contribution in [0.5, 0.6) is 0 Å². The van der Waals surface area contributed by atoms with Gasteiger partial charge in [-0.05, 0) is 38.0 Å². The van der Waals surface area contributed by atoms with Gasteiger partial charge in [0.2, 0.25) is 0 Å². The molecule has 124 valence electrons. The highest BCUT2D eigenvalue weighted by Crippen LogP contribution is 2.20. The van der Waals surface area contributed by atoms with Gasteiger partial charge >= 0.3 is 0 Å². The van der Waals surface area contributed by atoms with Crippen molar-refractivity contribution in [3.8, 4) is 0 Å². The Morgan fingerprint density at radius 2 is 1.12 bits per heavy atom. The molecule has 0 heterocycles. The summed E-state index contributed by atoms with van der Waals surface area (Å²) in [5.74, 6) is -0.257. The van der Waals surface area contributed by atoms with Gasteiger partial charge in [0.25, 0.3) is 0 Å². The largest absolute Gasteiger partial charge is 0.289 e. The first-order valence-electron chi connectivity index (χ1n) is 8.29. The number of carbonyl (C=O) groups excluding carboxylic acids is 2. The van der Waals surface area contributed by atoms with Gasteiger partial charge in [0.1, 0.15) is 0 Å². The molecule has 0 saturated carbocycles. The summed E-state index contributed by atoms with van der Waals surface area (Å²) in [6, 6.07) is 20.1. The summed E-state index contributed by atoms with van der Waals surface area (Å²) in [6.45, 7) is 5.97. The van der Waals surface area contributed by atoms with E-state index in [9.17, 15) is 9.59 Å². The Hall–Kier alpha value is -3.00. The predicted molar refractivity (Wildman–Crippen MR) is 100 cm³/mol. The number of ketones is 2. The maximum Gasteiger partial charge on any atom is 0.193 e. The van der Waals surface area contributed by atoms with Crippen LogP contribution in [0, 0.1) is 20.8 Å². The lowest BCUT2D eigenvalue weighted by Crippen LogP contribution is -2.11. The van der Waals surface area contributed by atoms with E-state index in [1.807, 2.05) is 51.1 Å². The lowest BCUT2D eigenvalue weighted by molar-refractivity contribution is 0.100. The van der Waals surface area contributed by atoms with Crippen molar-refractivity contribution >= 4 is 11.6 Å². The molecule has 0 aromatic heterocycles. The van der Waals surface area contributed by atoms with Crippen molar-refractivity contribution in [2.45, 2.75) is 20.8 Å². The van der Waals surface area contributed by atoms with E-state index < -0.39 is 0 Å². The first kappa shape index (κ1) is 16.8. The highest BCUT2D eigenvalue weighted by molar-refractivity contribution is 6.19. The topological polar surface area (TPSA) is 34.1 Å². The summed E-state index contributed by atoms with van der Waals surface area (Å²) in [5, 5.41) is 0. The molecule has 0 atom stereocenters. The second kappa shape index (κ2) is 6.86. The van der Waals surface area contributed by atoms with E-state index in [4.69, 9.17) is 0 Å². The third-order valence-electron chi connectivity index (χ3n) is 4.50. The molecule has 25 heavy (non-hydrogen) atoms. The van der Waals surface area contributed by atoms with Gasteiger partial charge in [-0.15, -0.1) is 0 Å². The van der Waals surface area contributed by atoms with E-state index in [2.05, 4.69) is 0 Å². The van der Waals surface area contributed by atoms with Gasteiger partial charge < -0.3 is 0 Å². The minimum atomic E-state index is -0.132. The summed E-state index contributed by atoms with van der Waals surface area (Å²) in [6.07, 6.45) is 0. The fraction of sp³-hybridized carbons (Fsp3) is 0.130. The average molecular weight is 328 g/mol. The molecule has 3 aromatic carbocycles. The molecule has 0 radical (unpaired) electrons. The van der Waals surface area contributed by atoms with Crippen molar-refractivity contribution in [3.05, 3.63) is 106 Å². The lowest BCUT2D eigenvalue weighted by atomic mass is 9.92. The molecule has 0 N–H and O–H groups in total. The molecule has 0 bridgehead atoms.